The van der Waals surface area contributed by atoms with Gasteiger partial charge in [0.25, 0.3) is 0 Å². The maximum Gasteiger partial charge on any atom is 0.311 e. The Balaban J connectivity index is 1.67. The Labute approximate surface area is 218 Å². The van der Waals surface area contributed by atoms with Crippen molar-refractivity contribution in [2.45, 2.75) is 117 Å². The number of rotatable bonds is 19. The molecule has 2 rings (SSSR count). The van der Waals surface area contributed by atoms with Crippen LogP contribution in [-0.4, -0.2) is 11.9 Å². The zero-order valence-electron chi connectivity index (χ0n) is 22.6. The monoisotopic (exact) mass is 494 g/mol. The predicted molar refractivity (Wildman–Crippen MR) is 148 cm³/mol. The van der Waals surface area contributed by atoms with Gasteiger partial charge in [-0.1, -0.05) is 115 Å². The Morgan fingerprint density at radius 3 is 1.11 bits per heavy atom. The third kappa shape index (κ3) is 12.9. The number of benzene rings is 2. The van der Waals surface area contributed by atoms with Crippen molar-refractivity contribution in [3.63, 3.8) is 0 Å². The van der Waals surface area contributed by atoms with Crippen molar-refractivity contribution in [2.75, 3.05) is 0 Å². The lowest BCUT2D eigenvalue weighted by atomic mass is 10.1. The summed E-state index contributed by atoms with van der Waals surface area (Å²) in [4.78, 5) is 24.2. The van der Waals surface area contributed by atoms with Crippen LogP contribution in [0.2, 0.25) is 0 Å². The number of unbranched alkanes of at least 4 members (excludes halogenated alkanes) is 12. The summed E-state index contributed by atoms with van der Waals surface area (Å²) in [6.45, 7) is 4.44. The van der Waals surface area contributed by atoms with E-state index < -0.39 is 0 Å². The first-order chi connectivity index (χ1) is 17.6. The molecular formula is C32H46O4. The fourth-order valence-electron chi connectivity index (χ4n) is 4.25. The van der Waals surface area contributed by atoms with Gasteiger partial charge in [0.05, 0.1) is 0 Å². The van der Waals surface area contributed by atoms with Crippen LogP contribution in [0.5, 0.6) is 11.5 Å². The Morgan fingerprint density at radius 2 is 0.778 bits per heavy atom. The maximum atomic E-state index is 12.1. The van der Waals surface area contributed by atoms with Crippen LogP contribution in [0.15, 0.2) is 48.5 Å². The average molecular weight is 495 g/mol. The van der Waals surface area contributed by atoms with E-state index in [9.17, 15) is 9.59 Å². The van der Waals surface area contributed by atoms with Gasteiger partial charge in [0.2, 0.25) is 0 Å². The molecule has 198 valence electrons. The SMILES string of the molecule is CCCCCCCCCC(=O)Oc1ccc(-c2ccc(OC(=O)CCCCCCCCC)cc2)cc1. The molecule has 0 bridgehead atoms. The number of ether oxygens (including phenoxy) is 2. The largest absolute Gasteiger partial charge is 0.427 e. The van der Waals surface area contributed by atoms with Gasteiger partial charge < -0.3 is 9.47 Å². The van der Waals surface area contributed by atoms with E-state index >= 15 is 0 Å². The second kappa shape index (κ2) is 18.6. The molecule has 0 aliphatic heterocycles. The lowest BCUT2D eigenvalue weighted by Gasteiger charge is -2.08. The third-order valence-electron chi connectivity index (χ3n) is 6.47. The molecule has 4 heteroatoms. The molecule has 36 heavy (non-hydrogen) atoms. The maximum absolute atomic E-state index is 12.1. The van der Waals surface area contributed by atoms with Crippen molar-refractivity contribution in [1.82, 2.24) is 0 Å². The summed E-state index contributed by atoms with van der Waals surface area (Å²) >= 11 is 0. The highest BCUT2D eigenvalue weighted by Crippen LogP contribution is 2.25. The zero-order valence-corrected chi connectivity index (χ0v) is 22.6. The van der Waals surface area contributed by atoms with Crippen LogP contribution in [0.1, 0.15) is 117 Å². The molecule has 0 saturated carbocycles. The number of carbonyl (C=O) groups is 2. The molecule has 0 aliphatic rings. The van der Waals surface area contributed by atoms with Crippen molar-refractivity contribution in [1.29, 1.82) is 0 Å². The summed E-state index contributed by atoms with van der Waals surface area (Å²) in [5, 5.41) is 0. The minimum absolute atomic E-state index is 0.168. The molecule has 2 aromatic carbocycles. The average Bonchev–Trinajstić information content (AvgIpc) is 2.88. The third-order valence-corrected chi connectivity index (χ3v) is 6.47. The van der Waals surface area contributed by atoms with E-state index in [1.807, 2.05) is 48.5 Å². The summed E-state index contributed by atoms with van der Waals surface area (Å²) in [6, 6.07) is 15.1. The first kappa shape index (κ1) is 29.6. The van der Waals surface area contributed by atoms with E-state index in [-0.39, 0.29) is 11.9 Å². The molecule has 0 aliphatic carbocycles. The van der Waals surface area contributed by atoms with Crippen molar-refractivity contribution in [3.05, 3.63) is 48.5 Å². The van der Waals surface area contributed by atoms with Gasteiger partial charge in [-0.05, 0) is 48.2 Å². The van der Waals surface area contributed by atoms with Crippen LogP contribution in [-0.2, 0) is 9.59 Å². The molecular weight excluding hydrogens is 448 g/mol. The van der Waals surface area contributed by atoms with E-state index in [4.69, 9.17) is 9.47 Å². The second-order valence-electron chi connectivity index (χ2n) is 9.74. The van der Waals surface area contributed by atoms with E-state index in [1.165, 1.54) is 64.2 Å². The van der Waals surface area contributed by atoms with E-state index in [0.717, 1.165) is 36.8 Å². The van der Waals surface area contributed by atoms with Crippen LogP contribution in [0.4, 0.5) is 0 Å². The van der Waals surface area contributed by atoms with Gasteiger partial charge in [0.15, 0.2) is 0 Å². The van der Waals surface area contributed by atoms with Crippen LogP contribution in [0.3, 0.4) is 0 Å². The topological polar surface area (TPSA) is 52.6 Å². The van der Waals surface area contributed by atoms with Crippen molar-refractivity contribution in [2.24, 2.45) is 0 Å². The van der Waals surface area contributed by atoms with Crippen LogP contribution in [0.25, 0.3) is 11.1 Å². The molecule has 0 amide bonds. The van der Waals surface area contributed by atoms with Gasteiger partial charge in [-0.25, -0.2) is 0 Å². The normalized spacial score (nSPS) is 10.8. The standard InChI is InChI=1S/C32H46O4/c1-3-5-7-9-11-13-15-17-31(33)35-29-23-19-27(20-24-29)28-21-25-30(26-22-28)36-32(34)18-16-14-12-10-8-6-4-2/h19-26H,3-18H2,1-2H3. The molecule has 0 spiro atoms. The van der Waals surface area contributed by atoms with Gasteiger partial charge in [-0.3, -0.25) is 9.59 Å². The summed E-state index contributed by atoms with van der Waals surface area (Å²) < 4.78 is 11.0. The molecule has 0 radical (unpaired) electrons. The first-order valence-electron chi connectivity index (χ1n) is 14.2. The van der Waals surface area contributed by atoms with Gasteiger partial charge in [-0.15, -0.1) is 0 Å². The van der Waals surface area contributed by atoms with Gasteiger partial charge in [0, 0.05) is 12.8 Å². The molecule has 4 nitrogen and oxygen atoms in total. The smallest absolute Gasteiger partial charge is 0.311 e. The Bertz CT molecular complexity index is 781. The summed E-state index contributed by atoms with van der Waals surface area (Å²) in [5.74, 6) is 0.808. The molecule has 0 atom stereocenters. The number of carbonyl (C=O) groups excluding carboxylic acids is 2. The highest BCUT2D eigenvalue weighted by Gasteiger charge is 2.08. The highest BCUT2D eigenvalue weighted by molar-refractivity contribution is 5.74. The molecule has 0 fully saturated rings. The fraction of sp³-hybridized carbons (Fsp3) is 0.562. The van der Waals surface area contributed by atoms with E-state index in [1.54, 1.807) is 0 Å². The molecule has 0 heterocycles. The minimum atomic E-state index is -0.168. The van der Waals surface area contributed by atoms with Crippen molar-refractivity contribution in [3.8, 4) is 22.6 Å². The lowest BCUT2D eigenvalue weighted by Crippen LogP contribution is -2.07. The molecule has 0 saturated heterocycles. The number of esters is 2. The molecule has 0 aromatic heterocycles. The Kier molecular flexibility index (Phi) is 15.3. The fourth-order valence-corrected chi connectivity index (χ4v) is 4.25. The van der Waals surface area contributed by atoms with Crippen molar-refractivity contribution < 1.29 is 19.1 Å². The van der Waals surface area contributed by atoms with Crippen LogP contribution in [0, 0.1) is 0 Å². The van der Waals surface area contributed by atoms with Crippen LogP contribution < -0.4 is 9.47 Å². The number of hydrogen-bond acceptors (Lipinski definition) is 4. The van der Waals surface area contributed by atoms with E-state index in [0.29, 0.717) is 24.3 Å². The van der Waals surface area contributed by atoms with Gasteiger partial charge in [-0.2, -0.15) is 0 Å². The van der Waals surface area contributed by atoms with E-state index in [2.05, 4.69) is 13.8 Å². The number of hydrogen-bond donors (Lipinski definition) is 0. The lowest BCUT2D eigenvalue weighted by molar-refractivity contribution is -0.135. The highest BCUT2D eigenvalue weighted by atomic mass is 16.5. The Morgan fingerprint density at radius 1 is 0.472 bits per heavy atom. The minimum Gasteiger partial charge on any atom is -0.427 e. The summed E-state index contributed by atoms with van der Waals surface area (Å²) in [5.41, 5.74) is 2.03. The van der Waals surface area contributed by atoms with Gasteiger partial charge >= 0.3 is 11.9 Å². The first-order valence-corrected chi connectivity index (χ1v) is 14.2. The van der Waals surface area contributed by atoms with Crippen LogP contribution >= 0.6 is 0 Å². The molecule has 2 aromatic rings. The predicted octanol–water partition coefficient (Wildman–Crippen LogP) is 9.45. The van der Waals surface area contributed by atoms with Gasteiger partial charge in [0.1, 0.15) is 11.5 Å². The second-order valence-corrected chi connectivity index (χ2v) is 9.74. The van der Waals surface area contributed by atoms with Crippen molar-refractivity contribution >= 4 is 11.9 Å². The zero-order chi connectivity index (χ0) is 25.8. The quantitative estimate of drug-likeness (QED) is 0.111. The Hall–Kier alpha value is -2.62. The summed E-state index contributed by atoms with van der Waals surface area (Å²) in [6.07, 6.45) is 17.5. The molecule has 0 N–H and O–H groups in total. The summed E-state index contributed by atoms with van der Waals surface area (Å²) in [7, 11) is 0. The molecule has 0 unspecified atom stereocenters.